The van der Waals surface area contributed by atoms with Crippen LogP contribution in [0.1, 0.15) is 30.3 Å². The average Bonchev–Trinajstić information content (AvgIpc) is 3.50. The van der Waals surface area contributed by atoms with Gasteiger partial charge in [-0.1, -0.05) is 35.5 Å². The van der Waals surface area contributed by atoms with Crippen LogP contribution in [0.25, 0.3) is 17.2 Å². The third-order valence-electron chi connectivity index (χ3n) is 5.09. The summed E-state index contributed by atoms with van der Waals surface area (Å²) in [5.74, 6) is 2.06. The van der Waals surface area contributed by atoms with Crippen LogP contribution in [0.15, 0.2) is 71.9 Å². The monoisotopic (exact) mass is 372 g/mol. The van der Waals surface area contributed by atoms with E-state index in [0.717, 1.165) is 37.3 Å². The van der Waals surface area contributed by atoms with E-state index in [1.165, 1.54) is 5.56 Å². The van der Waals surface area contributed by atoms with Crippen molar-refractivity contribution in [1.29, 1.82) is 0 Å². The molecular formula is C21H20N6O. The van der Waals surface area contributed by atoms with Gasteiger partial charge in [-0.25, -0.2) is 9.97 Å². The Bertz CT molecular complexity index is 1030. The predicted molar refractivity (Wildman–Crippen MR) is 103 cm³/mol. The van der Waals surface area contributed by atoms with E-state index < -0.39 is 0 Å². The molecule has 7 heteroatoms. The summed E-state index contributed by atoms with van der Waals surface area (Å²) < 4.78 is 7.48. The van der Waals surface area contributed by atoms with Gasteiger partial charge in [0.1, 0.15) is 12.1 Å². The Balaban J connectivity index is 1.34. The Morgan fingerprint density at radius 3 is 2.82 bits per heavy atom. The van der Waals surface area contributed by atoms with Crippen molar-refractivity contribution in [3.8, 4) is 17.2 Å². The molecule has 0 radical (unpaired) electrons. The third kappa shape index (κ3) is 3.32. The Hall–Kier alpha value is -3.32. The van der Waals surface area contributed by atoms with Crippen LogP contribution >= 0.6 is 0 Å². The first-order chi connectivity index (χ1) is 13.9. The van der Waals surface area contributed by atoms with Crippen molar-refractivity contribution < 1.29 is 4.52 Å². The Kier molecular flexibility index (Phi) is 4.42. The molecule has 1 saturated heterocycles. The standard InChI is InChI=1S/C21H20N6O/c1-2-5-16(6-3-1)14-26-11-4-7-18(26)21-24-20(25-28-21)17-8-9-19(23-13-17)27-12-10-22-15-27/h1-3,5-6,8-10,12-13,15,18H,4,7,11,14H2/t18-/m0/s1. The van der Waals surface area contributed by atoms with E-state index in [9.17, 15) is 0 Å². The normalized spacial score (nSPS) is 17.2. The molecule has 7 nitrogen and oxygen atoms in total. The maximum atomic E-state index is 5.63. The number of aromatic nitrogens is 5. The summed E-state index contributed by atoms with van der Waals surface area (Å²) in [6.45, 7) is 1.93. The highest BCUT2D eigenvalue weighted by molar-refractivity contribution is 5.53. The molecule has 4 heterocycles. The van der Waals surface area contributed by atoms with Crippen molar-refractivity contribution in [2.45, 2.75) is 25.4 Å². The van der Waals surface area contributed by atoms with E-state index in [-0.39, 0.29) is 6.04 Å². The molecule has 0 aliphatic carbocycles. The highest BCUT2D eigenvalue weighted by Gasteiger charge is 2.30. The fourth-order valence-electron chi connectivity index (χ4n) is 3.67. The van der Waals surface area contributed by atoms with Crippen LogP contribution in [0.3, 0.4) is 0 Å². The van der Waals surface area contributed by atoms with Crippen LogP contribution in [-0.4, -0.2) is 36.1 Å². The van der Waals surface area contributed by atoms with Gasteiger partial charge in [-0.05, 0) is 37.1 Å². The van der Waals surface area contributed by atoms with Crippen molar-refractivity contribution in [1.82, 2.24) is 29.6 Å². The molecular weight excluding hydrogens is 352 g/mol. The topological polar surface area (TPSA) is 72.9 Å². The molecule has 0 spiro atoms. The predicted octanol–water partition coefficient (Wildman–Crippen LogP) is 3.65. The average molecular weight is 372 g/mol. The maximum absolute atomic E-state index is 5.63. The summed E-state index contributed by atoms with van der Waals surface area (Å²) in [6, 6.07) is 14.5. The smallest absolute Gasteiger partial charge is 0.244 e. The van der Waals surface area contributed by atoms with Crippen molar-refractivity contribution >= 4 is 0 Å². The molecule has 1 aliphatic rings. The number of pyridine rings is 1. The molecule has 0 unspecified atom stereocenters. The van der Waals surface area contributed by atoms with Crippen LogP contribution in [0.2, 0.25) is 0 Å². The fourth-order valence-corrected chi connectivity index (χ4v) is 3.67. The zero-order valence-electron chi connectivity index (χ0n) is 15.3. The molecule has 28 heavy (non-hydrogen) atoms. The van der Waals surface area contributed by atoms with E-state index in [2.05, 4.69) is 49.3 Å². The number of hydrogen-bond acceptors (Lipinski definition) is 6. The molecule has 0 saturated carbocycles. The van der Waals surface area contributed by atoms with Gasteiger partial charge >= 0.3 is 0 Å². The van der Waals surface area contributed by atoms with Gasteiger partial charge in [0, 0.05) is 30.7 Å². The minimum Gasteiger partial charge on any atom is -0.337 e. The van der Waals surface area contributed by atoms with E-state index in [4.69, 9.17) is 4.52 Å². The zero-order valence-corrected chi connectivity index (χ0v) is 15.3. The van der Waals surface area contributed by atoms with E-state index in [1.807, 2.05) is 29.0 Å². The van der Waals surface area contributed by atoms with Gasteiger partial charge in [0.25, 0.3) is 0 Å². The van der Waals surface area contributed by atoms with Gasteiger partial charge < -0.3 is 4.52 Å². The van der Waals surface area contributed by atoms with Crippen LogP contribution in [0, 0.1) is 0 Å². The molecule has 0 N–H and O–H groups in total. The zero-order chi connectivity index (χ0) is 18.8. The second-order valence-electron chi connectivity index (χ2n) is 6.95. The SMILES string of the molecule is c1ccc(CN2CCC[C@H]2c2nc(-c3ccc(-n4ccnc4)nc3)no2)cc1. The van der Waals surface area contributed by atoms with Gasteiger partial charge in [-0.3, -0.25) is 9.47 Å². The maximum Gasteiger partial charge on any atom is 0.244 e. The molecule has 140 valence electrons. The second kappa shape index (κ2) is 7.36. The van der Waals surface area contributed by atoms with Crippen molar-refractivity contribution in [3.05, 3.63) is 78.8 Å². The first-order valence-electron chi connectivity index (χ1n) is 9.43. The summed E-state index contributed by atoms with van der Waals surface area (Å²) in [6.07, 6.45) is 9.23. The minimum absolute atomic E-state index is 0.166. The lowest BCUT2D eigenvalue weighted by Crippen LogP contribution is -2.22. The molecule has 4 aromatic rings. The number of rotatable bonds is 5. The summed E-state index contributed by atoms with van der Waals surface area (Å²) in [5, 5.41) is 4.19. The summed E-state index contributed by atoms with van der Waals surface area (Å²) in [7, 11) is 0. The van der Waals surface area contributed by atoms with Gasteiger partial charge in [-0.15, -0.1) is 0 Å². The summed E-state index contributed by atoms with van der Waals surface area (Å²) in [4.78, 5) is 15.6. The fraction of sp³-hybridized carbons (Fsp3) is 0.238. The van der Waals surface area contributed by atoms with Gasteiger partial charge in [0.15, 0.2) is 0 Å². The summed E-state index contributed by atoms with van der Waals surface area (Å²) >= 11 is 0. The largest absolute Gasteiger partial charge is 0.337 e. The minimum atomic E-state index is 0.166. The van der Waals surface area contributed by atoms with E-state index in [0.29, 0.717) is 11.7 Å². The summed E-state index contributed by atoms with van der Waals surface area (Å²) in [5.41, 5.74) is 2.14. The number of imidazole rings is 1. The molecule has 1 atom stereocenters. The lowest BCUT2D eigenvalue weighted by Gasteiger charge is -2.21. The van der Waals surface area contributed by atoms with Crippen LogP contribution in [0.5, 0.6) is 0 Å². The van der Waals surface area contributed by atoms with Crippen molar-refractivity contribution in [2.24, 2.45) is 0 Å². The molecule has 1 aromatic carbocycles. The number of likely N-dealkylation sites (tertiary alicyclic amines) is 1. The van der Waals surface area contributed by atoms with E-state index in [1.54, 1.807) is 18.7 Å². The molecule has 0 bridgehead atoms. The molecule has 0 amide bonds. The van der Waals surface area contributed by atoms with Crippen LogP contribution in [-0.2, 0) is 6.54 Å². The van der Waals surface area contributed by atoms with Gasteiger partial charge in [-0.2, -0.15) is 4.98 Å². The Labute approximate surface area is 162 Å². The number of benzene rings is 1. The quantitative estimate of drug-likeness (QED) is 0.532. The Morgan fingerprint density at radius 1 is 1.11 bits per heavy atom. The van der Waals surface area contributed by atoms with E-state index >= 15 is 0 Å². The third-order valence-corrected chi connectivity index (χ3v) is 5.09. The lowest BCUT2D eigenvalue weighted by atomic mass is 10.2. The van der Waals surface area contributed by atoms with Gasteiger partial charge in [0.2, 0.25) is 11.7 Å². The molecule has 1 fully saturated rings. The first kappa shape index (κ1) is 16.8. The highest BCUT2D eigenvalue weighted by atomic mass is 16.5. The van der Waals surface area contributed by atoms with Gasteiger partial charge in [0.05, 0.1) is 6.04 Å². The molecule has 1 aliphatic heterocycles. The molecule has 3 aromatic heterocycles. The molecule has 5 rings (SSSR count). The van der Waals surface area contributed by atoms with Crippen molar-refractivity contribution in [2.75, 3.05) is 6.54 Å². The first-order valence-corrected chi connectivity index (χ1v) is 9.43. The number of hydrogen-bond donors (Lipinski definition) is 0. The number of nitrogens with zero attached hydrogens (tertiary/aromatic N) is 6. The highest BCUT2D eigenvalue weighted by Crippen LogP contribution is 2.33. The van der Waals surface area contributed by atoms with Crippen molar-refractivity contribution in [3.63, 3.8) is 0 Å². The van der Waals surface area contributed by atoms with Crippen LogP contribution in [0.4, 0.5) is 0 Å². The lowest BCUT2D eigenvalue weighted by molar-refractivity contribution is 0.201. The second-order valence-corrected chi connectivity index (χ2v) is 6.95. The Morgan fingerprint density at radius 2 is 2.04 bits per heavy atom. The van der Waals surface area contributed by atoms with Crippen LogP contribution < -0.4 is 0 Å².